The molecule has 0 aliphatic heterocycles. The Morgan fingerprint density at radius 3 is 1.14 bits per heavy atom. The quantitative estimate of drug-likeness (QED) is 0.124. The highest BCUT2D eigenvalue weighted by atomic mass is 14.9. The van der Waals surface area contributed by atoms with E-state index in [4.69, 9.17) is 0 Å². The van der Waals surface area contributed by atoms with Crippen LogP contribution in [0.1, 0.15) is 179 Å². The Kier molecular flexibility index (Phi) is 22.6. The van der Waals surface area contributed by atoms with Gasteiger partial charge < -0.3 is 10.6 Å². The summed E-state index contributed by atoms with van der Waals surface area (Å²) in [6.45, 7) is 11.2. The van der Waals surface area contributed by atoms with Crippen LogP contribution in [-0.4, -0.2) is 13.1 Å². The zero-order valence-electron chi connectivity index (χ0n) is 25.0. The van der Waals surface area contributed by atoms with E-state index in [0.29, 0.717) is 12.1 Å². The fraction of sp³-hybridized carbons (Fsp3) is 0.824. The molecule has 2 atom stereocenters. The van der Waals surface area contributed by atoms with Crippen molar-refractivity contribution in [1.82, 2.24) is 10.6 Å². The van der Waals surface area contributed by atoms with Gasteiger partial charge in [0.2, 0.25) is 0 Å². The molecular weight excluding hydrogens is 436 g/mol. The van der Waals surface area contributed by atoms with Gasteiger partial charge in [-0.3, -0.25) is 0 Å². The van der Waals surface area contributed by atoms with Gasteiger partial charge in [0.15, 0.2) is 0 Å². The predicted octanol–water partition coefficient (Wildman–Crippen LogP) is 10.8. The summed E-state index contributed by atoms with van der Waals surface area (Å²) < 4.78 is 0. The molecule has 2 nitrogen and oxygen atoms in total. The third-order valence-corrected chi connectivity index (χ3v) is 7.81. The largest absolute Gasteiger partial charge is 0.310 e. The van der Waals surface area contributed by atoms with Crippen molar-refractivity contribution in [2.75, 3.05) is 13.1 Å². The molecule has 0 amide bonds. The van der Waals surface area contributed by atoms with Gasteiger partial charge in [0.25, 0.3) is 0 Å². The molecule has 1 aromatic rings. The van der Waals surface area contributed by atoms with Crippen molar-refractivity contribution in [3.63, 3.8) is 0 Å². The predicted molar refractivity (Wildman–Crippen MR) is 163 cm³/mol. The minimum Gasteiger partial charge on any atom is -0.310 e. The smallest absolute Gasteiger partial charge is 0.0320 e. The van der Waals surface area contributed by atoms with Crippen LogP contribution in [0.15, 0.2) is 24.3 Å². The van der Waals surface area contributed by atoms with Gasteiger partial charge in [-0.2, -0.15) is 0 Å². The number of rotatable bonds is 26. The summed E-state index contributed by atoms with van der Waals surface area (Å²) in [6.07, 6.45) is 27.8. The van der Waals surface area contributed by atoms with E-state index in [1.807, 2.05) is 0 Å². The normalized spacial score (nSPS) is 13.2. The standard InChI is InChI=1S/C34H64N2/c1-5-9-11-13-15-17-19-21-23-28-33(35-7-3)31-26-25-27-32(30-31)34(36-8-4)29-24-22-20-18-16-14-12-10-6-2/h25-27,30,33-36H,5-24,28-29H2,1-4H3. The number of hydrogen-bond donors (Lipinski definition) is 2. The first-order valence-electron chi connectivity index (χ1n) is 16.3. The monoisotopic (exact) mass is 501 g/mol. The Morgan fingerprint density at radius 1 is 0.472 bits per heavy atom. The maximum absolute atomic E-state index is 3.79. The van der Waals surface area contributed by atoms with Crippen LogP contribution in [0.3, 0.4) is 0 Å². The molecule has 2 heteroatoms. The summed E-state index contributed by atoms with van der Waals surface area (Å²) in [6, 6.07) is 10.5. The molecule has 2 N–H and O–H groups in total. The van der Waals surface area contributed by atoms with Crippen molar-refractivity contribution in [1.29, 1.82) is 0 Å². The van der Waals surface area contributed by atoms with Crippen LogP contribution >= 0.6 is 0 Å². The summed E-state index contributed by atoms with van der Waals surface area (Å²) in [7, 11) is 0. The molecule has 0 saturated heterocycles. The second-order valence-electron chi connectivity index (χ2n) is 11.1. The number of nitrogens with one attached hydrogen (secondary N) is 2. The van der Waals surface area contributed by atoms with Crippen LogP contribution in [0.4, 0.5) is 0 Å². The third kappa shape index (κ3) is 16.8. The second-order valence-corrected chi connectivity index (χ2v) is 11.1. The Bertz CT molecular complexity index is 537. The van der Waals surface area contributed by atoms with Crippen molar-refractivity contribution in [2.24, 2.45) is 0 Å². The molecular formula is C34H64N2. The van der Waals surface area contributed by atoms with Gasteiger partial charge in [-0.25, -0.2) is 0 Å². The molecule has 2 unspecified atom stereocenters. The molecule has 36 heavy (non-hydrogen) atoms. The van der Waals surface area contributed by atoms with Crippen LogP contribution in [-0.2, 0) is 0 Å². The van der Waals surface area contributed by atoms with E-state index in [0.717, 1.165) is 13.1 Å². The van der Waals surface area contributed by atoms with Gasteiger partial charge in [-0.1, -0.05) is 168 Å². The number of benzene rings is 1. The minimum absolute atomic E-state index is 0.495. The van der Waals surface area contributed by atoms with E-state index < -0.39 is 0 Å². The Hall–Kier alpha value is -0.860. The first-order valence-corrected chi connectivity index (χ1v) is 16.3. The molecule has 0 radical (unpaired) electrons. The van der Waals surface area contributed by atoms with Crippen LogP contribution < -0.4 is 10.6 Å². The minimum atomic E-state index is 0.495. The molecule has 0 aromatic heterocycles. The first-order chi connectivity index (χ1) is 17.8. The fourth-order valence-corrected chi connectivity index (χ4v) is 5.58. The highest BCUT2D eigenvalue weighted by molar-refractivity contribution is 5.28. The van der Waals surface area contributed by atoms with Crippen LogP contribution in [0.2, 0.25) is 0 Å². The maximum Gasteiger partial charge on any atom is 0.0320 e. The van der Waals surface area contributed by atoms with E-state index in [1.165, 1.54) is 140 Å². The second kappa shape index (κ2) is 24.5. The first kappa shape index (κ1) is 33.2. The van der Waals surface area contributed by atoms with E-state index >= 15 is 0 Å². The van der Waals surface area contributed by atoms with Crippen LogP contribution in [0, 0.1) is 0 Å². The Balaban J connectivity index is 2.45. The lowest BCUT2D eigenvalue weighted by Gasteiger charge is -2.23. The fourth-order valence-electron chi connectivity index (χ4n) is 5.58. The van der Waals surface area contributed by atoms with E-state index in [9.17, 15) is 0 Å². The van der Waals surface area contributed by atoms with Gasteiger partial charge in [-0.15, -0.1) is 0 Å². The zero-order chi connectivity index (χ0) is 26.1. The molecule has 0 fully saturated rings. The van der Waals surface area contributed by atoms with Crippen molar-refractivity contribution in [3.8, 4) is 0 Å². The van der Waals surface area contributed by atoms with Gasteiger partial charge in [0.05, 0.1) is 0 Å². The average molecular weight is 501 g/mol. The van der Waals surface area contributed by atoms with Gasteiger partial charge in [-0.05, 0) is 37.1 Å². The molecule has 0 spiro atoms. The van der Waals surface area contributed by atoms with Gasteiger partial charge >= 0.3 is 0 Å². The molecule has 1 aromatic carbocycles. The highest BCUT2D eigenvalue weighted by Crippen LogP contribution is 2.26. The molecule has 0 aliphatic rings. The summed E-state index contributed by atoms with van der Waals surface area (Å²) in [4.78, 5) is 0. The van der Waals surface area contributed by atoms with Crippen molar-refractivity contribution >= 4 is 0 Å². The lowest BCUT2D eigenvalue weighted by molar-refractivity contribution is 0.465. The summed E-state index contributed by atoms with van der Waals surface area (Å²) in [5.74, 6) is 0. The van der Waals surface area contributed by atoms with E-state index in [-0.39, 0.29) is 0 Å². The van der Waals surface area contributed by atoms with Gasteiger partial charge in [0, 0.05) is 12.1 Å². The molecule has 1 rings (SSSR count). The average Bonchev–Trinajstić information content (AvgIpc) is 2.90. The Labute approximate surface area is 227 Å². The lowest BCUT2D eigenvalue weighted by Crippen LogP contribution is -2.23. The summed E-state index contributed by atoms with van der Waals surface area (Å²) in [5, 5.41) is 7.57. The lowest BCUT2D eigenvalue weighted by atomic mass is 9.93. The molecule has 0 heterocycles. The Morgan fingerprint density at radius 2 is 0.806 bits per heavy atom. The SMILES string of the molecule is CCCCCCCCCCCC(NCC)c1cccc(C(CCCCCCCCCCC)NCC)c1. The summed E-state index contributed by atoms with van der Waals surface area (Å²) in [5.41, 5.74) is 2.98. The molecule has 210 valence electrons. The topological polar surface area (TPSA) is 24.1 Å². The number of unbranched alkanes of at least 4 members (excludes halogenated alkanes) is 16. The van der Waals surface area contributed by atoms with Crippen LogP contribution in [0.5, 0.6) is 0 Å². The van der Waals surface area contributed by atoms with E-state index in [2.05, 4.69) is 62.6 Å². The maximum atomic E-state index is 3.79. The molecule has 0 bridgehead atoms. The van der Waals surface area contributed by atoms with Crippen LogP contribution in [0.25, 0.3) is 0 Å². The third-order valence-electron chi connectivity index (χ3n) is 7.81. The van der Waals surface area contributed by atoms with Crippen molar-refractivity contribution < 1.29 is 0 Å². The molecule has 0 aliphatic carbocycles. The highest BCUT2D eigenvalue weighted by Gasteiger charge is 2.14. The zero-order valence-corrected chi connectivity index (χ0v) is 25.0. The number of hydrogen-bond acceptors (Lipinski definition) is 2. The molecule has 0 saturated carbocycles. The van der Waals surface area contributed by atoms with Crippen molar-refractivity contribution in [3.05, 3.63) is 35.4 Å². The summed E-state index contributed by atoms with van der Waals surface area (Å²) >= 11 is 0. The van der Waals surface area contributed by atoms with Gasteiger partial charge in [0.1, 0.15) is 0 Å². The van der Waals surface area contributed by atoms with Crippen molar-refractivity contribution in [2.45, 2.75) is 168 Å². The van der Waals surface area contributed by atoms with E-state index in [1.54, 1.807) is 0 Å².